The van der Waals surface area contributed by atoms with Gasteiger partial charge < -0.3 is 4.74 Å². The molecule has 3 N–H and O–H groups in total. The van der Waals surface area contributed by atoms with Crippen LogP contribution >= 0.6 is 0 Å². The van der Waals surface area contributed by atoms with Gasteiger partial charge in [-0.05, 0) is 19.4 Å². The molecule has 2 aromatic rings. The summed E-state index contributed by atoms with van der Waals surface area (Å²) >= 11 is 0. The lowest BCUT2D eigenvalue weighted by atomic mass is 10.0. The van der Waals surface area contributed by atoms with E-state index in [-0.39, 0.29) is 12.1 Å². The van der Waals surface area contributed by atoms with Gasteiger partial charge in [-0.25, -0.2) is 0 Å². The second kappa shape index (κ2) is 6.83. The molecule has 0 saturated carbocycles. The lowest BCUT2D eigenvalue weighted by Gasteiger charge is -2.24. The van der Waals surface area contributed by atoms with Gasteiger partial charge in [0.15, 0.2) is 0 Å². The number of aryl methyl sites for hydroxylation is 1. The van der Waals surface area contributed by atoms with E-state index in [9.17, 15) is 0 Å². The summed E-state index contributed by atoms with van der Waals surface area (Å²) in [5, 5.41) is 5.80. The predicted octanol–water partition coefficient (Wildman–Crippen LogP) is 1.76. The van der Waals surface area contributed by atoms with Gasteiger partial charge in [0.05, 0.1) is 23.4 Å². The molecule has 0 aliphatic rings. The summed E-state index contributed by atoms with van der Waals surface area (Å²) in [7, 11) is 1.97. The Morgan fingerprint density at radius 3 is 2.75 bits per heavy atom. The highest BCUT2D eigenvalue weighted by Crippen LogP contribution is 2.20. The van der Waals surface area contributed by atoms with Crippen molar-refractivity contribution in [1.82, 2.24) is 15.2 Å². The number of hydrogen-bond donors (Lipinski definition) is 2. The third-order valence-corrected chi connectivity index (χ3v) is 3.69. The van der Waals surface area contributed by atoms with Crippen molar-refractivity contribution in [2.24, 2.45) is 12.9 Å². The number of hydrazine groups is 1. The van der Waals surface area contributed by atoms with Crippen LogP contribution < -0.4 is 11.3 Å². The van der Waals surface area contributed by atoms with Gasteiger partial charge >= 0.3 is 0 Å². The maximum atomic E-state index is 5.76. The Hall–Kier alpha value is -1.43. The van der Waals surface area contributed by atoms with Gasteiger partial charge in [-0.2, -0.15) is 5.10 Å². The molecule has 0 saturated heterocycles. The zero-order valence-corrected chi connectivity index (χ0v) is 12.5. The Morgan fingerprint density at radius 2 is 2.10 bits per heavy atom. The van der Waals surface area contributed by atoms with Crippen molar-refractivity contribution in [2.45, 2.75) is 38.8 Å². The lowest BCUT2D eigenvalue weighted by molar-refractivity contribution is 0.0317. The molecule has 5 heteroatoms. The van der Waals surface area contributed by atoms with E-state index in [4.69, 9.17) is 10.6 Å². The van der Waals surface area contributed by atoms with Crippen LogP contribution in [-0.2, 0) is 18.2 Å². The summed E-state index contributed by atoms with van der Waals surface area (Å²) in [6.07, 6.45) is 1.79. The van der Waals surface area contributed by atoms with E-state index in [1.54, 1.807) is 0 Å². The fourth-order valence-corrected chi connectivity index (χ4v) is 2.68. The monoisotopic (exact) mass is 276 g/mol. The van der Waals surface area contributed by atoms with Gasteiger partial charge in [0, 0.05) is 25.5 Å². The Bertz CT molecular complexity index is 552. The maximum Gasteiger partial charge on any atom is 0.0742 e. The SMILES string of the molecule is CCOC(CC)C(Cc1nn(C)c2ccccc12)NN. The first-order chi connectivity index (χ1) is 9.71. The summed E-state index contributed by atoms with van der Waals surface area (Å²) in [4.78, 5) is 0. The number of ether oxygens (including phenoxy) is 1. The summed E-state index contributed by atoms with van der Waals surface area (Å²) in [6.45, 7) is 4.81. The van der Waals surface area contributed by atoms with Crippen LogP contribution in [0.1, 0.15) is 26.0 Å². The first-order valence-corrected chi connectivity index (χ1v) is 7.19. The number of nitrogens with two attached hydrogens (primary N) is 1. The summed E-state index contributed by atoms with van der Waals surface area (Å²) in [5.74, 6) is 5.71. The molecule has 2 atom stereocenters. The number of benzene rings is 1. The van der Waals surface area contributed by atoms with Crippen LogP contribution in [0.2, 0.25) is 0 Å². The smallest absolute Gasteiger partial charge is 0.0742 e. The number of para-hydroxylation sites is 1. The van der Waals surface area contributed by atoms with Gasteiger partial charge in [-0.3, -0.25) is 16.0 Å². The molecule has 2 rings (SSSR count). The predicted molar refractivity (Wildman–Crippen MR) is 81.2 cm³/mol. The van der Waals surface area contributed by atoms with E-state index in [0.29, 0.717) is 6.61 Å². The van der Waals surface area contributed by atoms with Crippen LogP contribution in [0.5, 0.6) is 0 Å². The molecule has 2 unspecified atom stereocenters. The van der Waals surface area contributed by atoms with Crippen molar-refractivity contribution in [3.8, 4) is 0 Å². The van der Waals surface area contributed by atoms with Crippen LogP contribution in [0, 0.1) is 0 Å². The molecule has 0 aliphatic carbocycles. The number of hydrogen-bond acceptors (Lipinski definition) is 4. The summed E-state index contributed by atoms with van der Waals surface area (Å²) in [6, 6.07) is 8.32. The highest BCUT2D eigenvalue weighted by molar-refractivity contribution is 5.81. The van der Waals surface area contributed by atoms with E-state index >= 15 is 0 Å². The number of nitrogens with zero attached hydrogens (tertiary/aromatic N) is 2. The normalized spacial score (nSPS) is 14.6. The zero-order valence-electron chi connectivity index (χ0n) is 12.5. The molecule has 1 aromatic heterocycles. The minimum atomic E-state index is 0.0678. The fraction of sp³-hybridized carbons (Fsp3) is 0.533. The Balaban J connectivity index is 2.25. The van der Waals surface area contributed by atoms with Gasteiger partial charge in [0.1, 0.15) is 0 Å². The highest BCUT2D eigenvalue weighted by Gasteiger charge is 2.22. The van der Waals surface area contributed by atoms with Crippen molar-refractivity contribution < 1.29 is 4.74 Å². The largest absolute Gasteiger partial charge is 0.377 e. The minimum Gasteiger partial charge on any atom is -0.377 e. The van der Waals surface area contributed by atoms with Crippen LogP contribution in [0.4, 0.5) is 0 Å². The van der Waals surface area contributed by atoms with Crippen LogP contribution in [0.3, 0.4) is 0 Å². The quantitative estimate of drug-likeness (QED) is 0.597. The first-order valence-electron chi connectivity index (χ1n) is 7.19. The van der Waals surface area contributed by atoms with Gasteiger partial charge in [0.2, 0.25) is 0 Å². The van der Waals surface area contributed by atoms with E-state index in [2.05, 4.69) is 29.6 Å². The topological polar surface area (TPSA) is 65.1 Å². The first kappa shape index (κ1) is 15.0. The molecule has 0 aliphatic heterocycles. The molecule has 20 heavy (non-hydrogen) atoms. The van der Waals surface area contributed by atoms with E-state index in [1.807, 2.05) is 30.8 Å². The number of fused-ring (bicyclic) bond motifs is 1. The van der Waals surface area contributed by atoms with Crippen LogP contribution in [-0.4, -0.2) is 28.5 Å². The number of aromatic nitrogens is 2. The molecule has 1 heterocycles. The Kier molecular flexibility index (Phi) is 5.11. The van der Waals surface area contributed by atoms with Gasteiger partial charge in [0.25, 0.3) is 0 Å². The molecule has 5 nitrogen and oxygen atoms in total. The minimum absolute atomic E-state index is 0.0678. The third-order valence-electron chi connectivity index (χ3n) is 3.69. The third kappa shape index (κ3) is 3.00. The van der Waals surface area contributed by atoms with Gasteiger partial charge in [-0.1, -0.05) is 25.1 Å². The van der Waals surface area contributed by atoms with Crippen LogP contribution in [0.25, 0.3) is 10.9 Å². The molecule has 110 valence electrons. The molecule has 0 bridgehead atoms. The van der Waals surface area contributed by atoms with E-state index in [1.165, 1.54) is 5.39 Å². The Labute approximate surface area is 120 Å². The standard InChI is InChI=1S/C15H24N4O/c1-4-15(20-5-2)13(17-16)10-12-11-8-6-7-9-14(11)19(3)18-12/h6-9,13,15,17H,4-5,10,16H2,1-3H3. The molecular formula is C15H24N4O. The van der Waals surface area contributed by atoms with Gasteiger partial charge in [-0.15, -0.1) is 0 Å². The zero-order chi connectivity index (χ0) is 14.5. The molecule has 0 amide bonds. The number of rotatable bonds is 7. The number of nitrogens with one attached hydrogen (secondary N) is 1. The van der Waals surface area contributed by atoms with Crippen LogP contribution in [0.15, 0.2) is 24.3 Å². The average molecular weight is 276 g/mol. The molecule has 0 spiro atoms. The van der Waals surface area contributed by atoms with E-state index < -0.39 is 0 Å². The fourth-order valence-electron chi connectivity index (χ4n) is 2.68. The lowest BCUT2D eigenvalue weighted by Crippen LogP contribution is -2.46. The summed E-state index contributed by atoms with van der Waals surface area (Å²) < 4.78 is 7.67. The second-order valence-corrected chi connectivity index (χ2v) is 4.97. The molecular weight excluding hydrogens is 252 g/mol. The van der Waals surface area contributed by atoms with Crippen molar-refractivity contribution in [3.05, 3.63) is 30.0 Å². The molecule has 1 aromatic carbocycles. The second-order valence-electron chi connectivity index (χ2n) is 4.97. The Morgan fingerprint density at radius 1 is 1.35 bits per heavy atom. The van der Waals surface area contributed by atoms with Crippen molar-refractivity contribution in [3.63, 3.8) is 0 Å². The van der Waals surface area contributed by atoms with Crippen molar-refractivity contribution in [1.29, 1.82) is 0 Å². The molecule has 0 fully saturated rings. The summed E-state index contributed by atoms with van der Waals surface area (Å²) in [5.41, 5.74) is 5.09. The van der Waals surface area contributed by atoms with Crippen molar-refractivity contribution in [2.75, 3.05) is 6.61 Å². The highest BCUT2D eigenvalue weighted by atomic mass is 16.5. The molecule has 0 radical (unpaired) electrons. The van der Waals surface area contributed by atoms with Crippen molar-refractivity contribution >= 4 is 10.9 Å². The maximum absolute atomic E-state index is 5.76. The average Bonchev–Trinajstić information content (AvgIpc) is 2.79. The van der Waals surface area contributed by atoms with E-state index in [0.717, 1.165) is 24.1 Å².